The van der Waals surface area contributed by atoms with Crippen molar-refractivity contribution in [3.63, 3.8) is 0 Å². The molecule has 1 aromatic rings. The Morgan fingerprint density at radius 2 is 1.65 bits per heavy atom. The maximum absolute atomic E-state index is 12.5. The molecule has 1 aromatic carbocycles. The van der Waals surface area contributed by atoms with Gasteiger partial charge in [0, 0.05) is 18.7 Å². The lowest BCUT2D eigenvalue weighted by molar-refractivity contribution is -0.137. The zero-order valence-corrected chi connectivity index (χ0v) is 12.7. The number of amides is 1. The molecule has 0 spiro atoms. The fourth-order valence-electron chi connectivity index (χ4n) is 2.64. The summed E-state index contributed by atoms with van der Waals surface area (Å²) in [5.41, 5.74) is -0.909. The molecule has 126 valence electrons. The van der Waals surface area contributed by atoms with Crippen molar-refractivity contribution in [3.8, 4) is 0 Å². The van der Waals surface area contributed by atoms with Crippen LogP contribution in [0.4, 0.5) is 13.2 Å². The van der Waals surface area contributed by atoms with Gasteiger partial charge in [-0.05, 0) is 37.8 Å². The fraction of sp³-hybridized carbons (Fsp3) is 0.500. The third kappa shape index (κ3) is 4.54. The molecule has 0 radical (unpaired) electrons. The molecule has 0 heterocycles. The number of nitrogens with one attached hydrogen (secondary N) is 1. The first-order valence-electron chi connectivity index (χ1n) is 7.36. The first kappa shape index (κ1) is 17.5. The van der Waals surface area contributed by atoms with Gasteiger partial charge in [-0.3, -0.25) is 9.59 Å². The van der Waals surface area contributed by atoms with Gasteiger partial charge in [-0.25, -0.2) is 0 Å². The standard InChI is InChI=1S/C16H18F3NO3/c1-23-13-8-6-12(7-9-13)20-15(22)14(21)10-2-4-11(5-3-10)16(17,18)19/h2-5,12-13H,6-9H2,1H3,(H,20,22). The number of carbonyl (C=O) groups excluding carboxylic acids is 2. The van der Waals surface area contributed by atoms with Gasteiger partial charge in [-0.15, -0.1) is 0 Å². The van der Waals surface area contributed by atoms with Crippen molar-refractivity contribution in [1.29, 1.82) is 0 Å². The molecule has 0 unspecified atom stereocenters. The first-order chi connectivity index (χ1) is 10.8. The van der Waals surface area contributed by atoms with E-state index in [1.54, 1.807) is 7.11 Å². The highest BCUT2D eigenvalue weighted by Gasteiger charge is 2.31. The van der Waals surface area contributed by atoms with Gasteiger partial charge in [0.15, 0.2) is 0 Å². The zero-order chi connectivity index (χ0) is 17.0. The number of Topliss-reactive ketones (excluding diaryl/α,β-unsaturated/α-hetero) is 1. The van der Waals surface area contributed by atoms with Crippen molar-refractivity contribution in [1.82, 2.24) is 5.32 Å². The minimum atomic E-state index is -4.47. The Morgan fingerprint density at radius 1 is 1.09 bits per heavy atom. The molecular formula is C16H18F3NO3. The minimum Gasteiger partial charge on any atom is -0.381 e. The Morgan fingerprint density at radius 3 is 2.13 bits per heavy atom. The van der Waals surface area contributed by atoms with Crippen LogP contribution in [0.2, 0.25) is 0 Å². The number of alkyl halides is 3. The van der Waals surface area contributed by atoms with Gasteiger partial charge in [0.25, 0.3) is 5.91 Å². The van der Waals surface area contributed by atoms with E-state index in [4.69, 9.17) is 4.74 Å². The maximum atomic E-state index is 12.5. The quantitative estimate of drug-likeness (QED) is 0.682. The molecule has 1 saturated carbocycles. The summed E-state index contributed by atoms with van der Waals surface area (Å²) in [5, 5.41) is 2.64. The number of carbonyl (C=O) groups is 2. The van der Waals surface area contributed by atoms with Gasteiger partial charge in [0.1, 0.15) is 0 Å². The van der Waals surface area contributed by atoms with Gasteiger partial charge < -0.3 is 10.1 Å². The predicted molar refractivity (Wildman–Crippen MR) is 77.0 cm³/mol. The smallest absolute Gasteiger partial charge is 0.381 e. The Bertz CT molecular complexity index is 561. The summed E-state index contributed by atoms with van der Waals surface area (Å²) in [7, 11) is 1.64. The fourth-order valence-corrected chi connectivity index (χ4v) is 2.64. The van der Waals surface area contributed by atoms with E-state index in [-0.39, 0.29) is 17.7 Å². The van der Waals surface area contributed by atoms with Crippen molar-refractivity contribution in [2.45, 2.75) is 44.0 Å². The maximum Gasteiger partial charge on any atom is 0.416 e. The molecule has 7 heteroatoms. The number of halogens is 3. The van der Waals surface area contributed by atoms with Crippen LogP contribution < -0.4 is 5.32 Å². The third-order valence-electron chi connectivity index (χ3n) is 4.02. The van der Waals surface area contributed by atoms with E-state index in [1.807, 2.05) is 0 Å². The number of rotatable bonds is 4. The predicted octanol–water partition coefficient (Wildman–Crippen LogP) is 2.96. The Kier molecular flexibility index (Phi) is 5.41. The highest BCUT2D eigenvalue weighted by Crippen LogP contribution is 2.29. The Labute approximate surface area is 132 Å². The van der Waals surface area contributed by atoms with Crippen molar-refractivity contribution < 1.29 is 27.5 Å². The second kappa shape index (κ2) is 7.12. The summed E-state index contributed by atoms with van der Waals surface area (Å²) in [5.74, 6) is -1.61. The average molecular weight is 329 g/mol. The number of hydrogen-bond donors (Lipinski definition) is 1. The molecule has 4 nitrogen and oxygen atoms in total. The number of benzene rings is 1. The summed E-state index contributed by atoms with van der Waals surface area (Å²) in [6.07, 6.45) is -1.26. The number of methoxy groups -OCH3 is 1. The summed E-state index contributed by atoms with van der Waals surface area (Å²) in [4.78, 5) is 23.9. The molecule has 0 bridgehead atoms. The van der Waals surface area contributed by atoms with E-state index in [1.165, 1.54) is 0 Å². The van der Waals surface area contributed by atoms with E-state index in [0.717, 1.165) is 37.1 Å². The molecule has 23 heavy (non-hydrogen) atoms. The van der Waals surface area contributed by atoms with Crippen LogP contribution in [0.25, 0.3) is 0 Å². The second-order valence-corrected chi connectivity index (χ2v) is 5.59. The molecule has 0 aromatic heterocycles. The summed E-state index contributed by atoms with van der Waals surface area (Å²) in [6.45, 7) is 0. The van der Waals surface area contributed by atoms with E-state index in [9.17, 15) is 22.8 Å². The van der Waals surface area contributed by atoms with Crippen molar-refractivity contribution in [2.24, 2.45) is 0 Å². The lowest BCUT2D eigenvalue weighted by Gasteiger charge is -2.27. The SMILES string of the molecule is COC1CCC(NC(=O)C(=O)c2ccc(C(F)(F)F)cc2)CC1. The second-order valence-electron chi connectivity index (χ2n) is 5.59. The monoisotopic (exact) mass is 329 g/mol. The van der Waals surface area contributed by atoms with Gasteiger partial charge >= 0.3 is 6.18 Å². The van der Waals surface area contributed by atoms with E-state index < -0.39 is 23.4 Å². The largest absolute Gasteiger partial charge is 0.416 e. The van der Waals surface area contributed by atoms with Crippen LogP contribution in [0, 0.1) is 0 Å². The molecule has 0 aliphatic heterocycles. The van der Waals surface area contributed by atoms with E-state index >= 15 is 0 Å². The Hall–Kier alpha value is -1.89. The molecule has 1 fully saturated rings. The summed E-state index contributed by atoms with van der Waals surface area (Å²) in [6, 6.07) is 3.53. The molecule has 1 aliphatic carbocycles. The molecular weight excluding hydrogens is 311 g/mol. The van der Waals surface area contributed by atoms with E-state index in [0.29, 0.717) is 12.8 Å². The van der Waals surface area contributed by atoms with Crippen molar-refractivity contribution >= 4 is 11.7 Å². The lowest BCUT2D eigenvalue weighted by Crippen LogP contribution is -2.42. The third-order valence-corrected chi connectivity index (χ3v) is 4.02. The minimum absolute atomic E-state index is 0.0546. The molecule has 1 N–H and O–H groups in total. The van der Waals surface area contributed by atoms with Crippen LogP contribution in [0.15, 0.2) is 24.3 Å². The number of hydrogen-bond acceptors (Lipinski definition) is 3. The molecule has 0 atom stereocenters. The lowest BCUT2D eigenvalue weighted by atomic mass is 9.92. The number of ether oxygens (including phenoxy) is 1. The van der Waals surface area contributed by atoms with E-state index in [2.05, 4.69) is 5.32 Å². The topological polar surface area (TPSA) is 55.4 Å². The van der Waals surface area contributed by atoms with Crippen molar-refractivity contribution in [2.75, 3.05) is 7.11 Å². The van der Waals surface area contributed by atoms with Crippen LogP contribution >= 0.6 is 0 Å². The average Bonchev–Trinajstić information content (AvgIpc) is 2.54. The molecule has 0 saturated heterocycles. The zero-order valence-electron chi connectivity index (χ0n) is 12.7. The molecule has 1 amide bonds. The van der Waals surface area contributed by atoms with Crippen molar-refractivity contribution in [3.05, 3.63) is 35.4 Å². The van der Waals surface area contributed by atoms with Crippen LogP contribution in [0.3, 0.4) is 0 Å². The van der Waals surface area contributed by atoms with Gasteiger partial charge in [0.2, 0.25) is 5.78 Å². The Balaban J connectivity index is 1.93. The molecule has 2 rings (SSSR count). The summed E-state index contributed by atoms with van der Waals surface area (Å²) < 4.78 is 42.7. The van der Waals surface area contributed by atoms with Gasteiger partial charge in [-0.2, -0.15) is 13.2 Å². The highest BCUT2D eigenvalue weighted by atomic mass is 19.4. The van der Waals surface area contributed by atoms with Crippen LogP contribution in [-0.2, 0) is 15.7 Å². The van der Waals surface area contributed by atoms with Crippen LogP contribution in [-0.4, -0.2) is 30.9 Å². The van der Waals surface area contributed by atoms with Gasteiger partial charge in [0.05, 0.1) is 11.7 Å². The normalized spacial score (nSPS) is 21.7. The molecule has 1 aliphatic rings. The van der Waals surface area contributed by atoms with Crippen LogP contribution in [0.5, 0.6) is 0 Å². The highest BCUT2D eigenvalue weighted by molar-refractivity contribution is 6.42. The van der Waals surface area contributed by atoms with Crippen LogP contribution in [0.1, 0.15) is 41.6 Å². The summed E-state index contributed by atoms with van der Waals surface area (Å²) >= 11 is 0. The number of ketones is 1. The van der Waals surface area contributed by atoms with Gasteiger partial charge in [-0.1, -0.05) is 12.1 Å². The first-order valence-corrected chi connectivity index (χ1v) is 7.36.